The highest BCUT2D eigenvalue weighted by Gasteiger charge is 2.17. The van der Waals surface area contributed by atoms with E-state index in [1.807, 2.05) is 6.92 Å². The lowest BCUT2D eigenvalue weighted by Crippen LogP contribution is -2.22. The Bertz CT molecular complexity index is 214. The summed E-state index contributed by atoms with van der Waals surface area (Å²) in [7, 11) is 1.23. The number of hydrogen-bond donors (Lipinski definition) is 1. The van der Waals surface area contributed by atoms with Crippen LogP contribution >= 0.6 is 0 Å². The highest BCUT2D eigenvalue weighted by Crippen LogP contribution is 2.04. The number of aliphatic hydroxyl groups excluding tert-OH is 1. The number of carbonyl (C=O) groups is 2. The number of rotatable bonds is 6. The first kappa shape index (κ1) is 13.9. The van der Waals surface area contributed by atoms with Gasteiger partial charge in [0.1, 0.15) is 0 Å². The summed E-state index contributed by atoms with van der Waals surface area (Å²) in [5.74, 6) is -1.04. The van der Waals surface area contributed by atoms with Gasteiger partial charge in [-0.1, -0.05) is 6.92 Å². The van der Waals surface area contributed by atoms with Gasteiger partial charge in [0, 0.05) is 0 Å². The van der Waals surface area contributed by atoms with Gasteiger partial charge < -0.3 is 14.6 Å². The molecule has 0 rings (SSSR count). The molecule has 2 unspecified atom stereocenters. The number of aliphatic hydroxyl groups is 1. The first-order valence-electron chi connectivity index (χ1n) is 4.93. The van der Waals surface area contributed by atoms with Crippen molar-refractivity contribution in [2.45, 2.75) is 45.3 Å². The maximum absolute atomic E-state index is 11.2. The standard InChI is InChI=1S/C10H18O5/c1-4-7(2)15-10(13)6-8(11)5-9(12)14-3/h7-8,11H,4-6H2,1-3H3. The van der Waals surface area contributed by atoms with E-state index in [2.05, 4.69) is 4.74 Å². The molecule has 5 nitrogen and oxygen atoms in total. The minimum Gasteiger partial charge on any atom is -0.469 e. The second kappa shape index (κ2) is 7.23. The summed E-state index contributed by atoms with van der Waals surface area (Å²) in [6.45, 7) is 3.66. The molecule has 0 aliphatic carbocycles. The quantitative estimate of drug-likeness (QED) is 0.662. The van der Waals surface area contributed by atoms with Crippen molar-refractivity contribution in [1.82, 2.24) is 0 Å². The summed E-state index contributed by atoms with van der Waals surface area (Å²) in [5, 5.41) is 9.31. The molecule has 88 valence electrons. The summed E-state index contributed by atoms with van der Waals surface area (Å²) in [5.41, 5.74) is 0. The van der Waals surface area contributed by atoms with Crippen LogP contribution in [-0.4, -0.2) is 36.4 Å². The topological polar surface area (TPSA) is 72.8 Å². The fraction of sp³-hybridized carbons (Fsp3) is 0.800. The molecule has 2 atom stereocenters. The van der Waals surface area contributed by atoms with Gasteiger partial charge >= 0.3 is 11.9 Å². The molecule has 0 amide bonds. The van der Waals surface area contributed by atoms with Crippen molar-refractivity contribution < 1.29 is 24.2 Å². The van der Waals surface area contributed by atoms with Crippen LogP contribution < -0.4 is 0 Å². The van der Waals surface area contributed by atoms with Gasteiger partial charge in [0.2, 0.25) is 0 Å². The first-order valence-corrected chi connectivity index (χ1v) is 4.93. The molecule has 1 N–H and O–H groups in total. The zero-order chi connectivity index (χ0) is 11.8. The van der Waals surface area contributed by atoms with Crippen LogP contribution in [0.2, 0.25) is 0 Å². The molecular weight excluding hydrogens is 200 g/mol. The van der Waals surface area contributed by atoms with Crippen LogP contribution in [0.25, 0.3) is 0 Å². The Labute approximate surface area is 89.4 Å². The van der Waals surface area contributed by atoms with E-state index < -0.39 is 18.0 Å². The van der Waals surface area contributed by atoms with E-state index in [9.17, 15) is 14.7 Å². The van der Waals surface area contributed by atoms with Gasteiger partial charge in [-0.15, -0.1) is 0 Å². The number of hydrogen-bond acceptors (Lipinski definition) is 5. The van der Waals surface area contributed by atoms with Gasteiger partial charge in [0.05, 0.1) is 32.2 Å². The predicted molar refractivity (Wildman–Crippen MR) is 53.1 cm³/mol. The Hall–Kier alpha value is -1.10. The normalized spacial score (nSPS) is 14.1. The molecule has 0 bridgehead atoms. The number of esters is 2. The lowest BCUT2D eigenvalue weighted by molar-refractivity contribution is -0.151. The molecule has 0 aromatic heterocycles. The van der Waals surface area contributed by atoms with Gasteiger partial charge in [0.15, 0.2) is 0 Å². The Kier molecular flexibility index (Phi) is 6.70. The van der Waals surface area contributed by atoms with Crippen molar-refractivity contribution in [3.8, 4) is 0 Å². The van der Waals surface area contributed by atoms with Crippen LogP contribution in [0.3, 0.4) is 0 Å². The Balaban J connectivity index is 3.81. The second-order valence-electron chi connectivity index (χ2n) is 3.35. The Morgan fingerprint density at radius 1 is 1.27 bits per heavy atom. The average molecular weight is 218 g/mol. The molecule has 0 heterocycles. The largest absolute Gasteiger partial charge is 0.469 e. The minimum atomic E-state index is -1.03. The van der Waals surface area contributed by atoms with Gasteiger partial charge in [-0.25, -0.2) is 0 Å². The lowest BCUT2D eigenvalue weighted by atomic mass is 10.2. The molecule has 0 aromatic carbocycles. The summed E-state index contributed by atoms with van der Waals surface area (Å²) in [6, 6.07) is 0. The van der Waals surface area contributed by atoms with Crippen LogP contribution in [-0.2, 0) is 19.1 Å². The third-order valence-corrected chi connectivity index (χ3v) is 1.94. The molecular formula is C10H18O5. The SMILES string of the molecule is CCC(C)OC(=O)CC(O)CC(=O)OC. The molecule has 0 spiro atoms. The zero-order valence-corrected chi connectivity index (χ0v) is 9.36. The maximum Gasteiger partial charge on any atom is 0.308 e. The third kappa shape index (κ3) is 6.90. The molecule has 5 heteroatoms. The second-order valence-corrected chi connectivity index (χ2v) is 3.35. The minimum absolute atomic E-state index is 0.164. The van der Waals surface area contributed by atoms with E-state index in [0.717, 1.165) is 6.42 Å². The highest BCUT2D eigenvalue weighted by molar-refractivity contribution is 5.73. The van der Waals surface area contributed by atoms with Gasteiger partial charge in [-0.05, 0) is 13.3 Å². The van der Waals surface area contributed by atoms with Crippen molar-refractivity contribution in [2.24, 2.45) is 0 Å². The number of methoxy groups -OCH3 is 1. The molecule has 0 fully saturated rings. The first-order chi connectivity index (χ1) is 6.99. The van der Waals surface area contributed by atoms with Crippen LogP contribution in [0.15, 0.2) is 0 Å². The third-order valence-electron chi connectivity index (χ3n) is 1.94. The molecule has 0 aliphatic heterocycles. The highest BCUT2D eigenvalue weighted by atomic mass is 16.5. The molecule has 0 saturated heterocycles. The fourth-order valence-corrected chi connectivity index (χ4v) is 0.896. The summed E-state index contributed by atoms with van der Waals surface area (Å²) in [4.78, 5) is 21.9. The Morgan fingerprint density at radius 2 is 1.80 bits per heavy atom. The average Bonchev–Trinajstić information content (AvgIpc) is 2.16. The van der Waals surface area contributed by atoms with Crippen molar-refractivity contribution in [3.63, 3.8) is 0 Å². The van der Waals surface area contributed by atoms with Crippen molar-refractivity contribution in [3.05, 3.63) is 0 Å². The zero-order valence-electron chi connectivity index (χ0n) is 9.36. The van der Waals surface area contributed by atoms with Gasteiger partial charge in [0.25, 0.3) is 0 Å². The van der Waals surface area contributed by atoms with E-state index in [0.29, 0.717) is 0 Å². The molecule has 0 aromatic rings. The number of carbonyl (C=O) groups excluding carboxylic acids is 2. The monoisotopic (exact) mass is 218 g/mol. The number of ether oxygens (including phenoxy) is 2. The van der Waals surface area contributed by atoms with Crippen LogP contribution in [0, 0.1) is 0 Å². The Morgan fingerprint density at radius 3 is 2.27 bits per heavy atom. The smallest absolute Gasteiger partial charge is 0.308 e. The van der Waals surface area contributed by atoms with E-state index in [1.165, 1.54) is 7.11 Å². The summed E-state index contributed by atoms with van der Waals surface area (Å²) >= 11 is 0. The van der Waals surface area contributed by atoms with Crippen molar-refractivity contribution >= 4 is 11.9 Å². The molecule has 0 aliphatic rings. The molecule has 0 saturated carbocycles. The molecule has 0 radical (unpaired) electrons. The van der Waals surface area contributed by atoms with Crippen LogP contribution in [0.4, 0.5) is 0 Å². The lowest BCUT2D eigenvalue weighted by Gasteiger charge is -2.12. The van der Waals surface area contributed by atoms with E-state index in [1.54, 1.807) is 6.92 Å². The van der Waals surface area contributed by atoms with Gasteiger partial charge in [-0.3, -0.25) is 9.59 Å². The summed E-state index contributed by atoms with van der Waals surface area (Å²) < 4.78 is 9.29. The summed E-state index contributed by atoms with van der Waals surface area (Å²) in [6.07, 6.45) is -0.846. The van der Waals surface area contributed by atoms with Gasteiger partial charge in [-0.2, -0.15) is 0 Å². The van der Waals surface area contributed by atoms with Crippen LogP contribution in [0.5, 0.6) is 0 Å². The van der Waals surface area contributed by atoms with Crippen molar-refractivity contribution in [2.75, 3.05) is 7.11 Å². The predicted octanol–water partition coefficient (Wildman–Crippen LogP) is 0.642. The van der Waals surface area contributed by atoms with E-state index in [-0.39, 0.29) is 18.9 Å². The van der Waals surface area contributed by atoms with E-state index in [4.69, 9.17) is 4.74 Å². The van der Waals surface area contributed by atoms with Crippen molar-refractivity contribution in [1.29, 1.82) is 0 Å². The maximum atomic E-state index is 11.2. The van der Waals surface area contributed by atoms with Crippen LogP contribution in [0.1, 0.15) is 33.1 Å². The fourth-order valence-electron chi connectivity index (χ4n) is 0.896. The molecule has 15 heavy (non-hydrogen) atoms. The van der Waals surface area contributed by atoms with E-state index >= 15 is 0 Å².